The van der Waals surface area contributed by atoms with E-state index in [1.165, 1.54) is 22.2 Å². The van der Waals surface area contributed by atoms with E-state index in [1.807, 2.05) is 6.92 Å². The zero-order valence-corrected chi connectivity index (χ0v) is 17.6. The van der Waals surface area contributed by atoms with Crippen LogP contribution < -0.4 is 10.9 Å². The topological polar surface area (TPSA) is 64.0 Å². The summed E-state index contributed by atoms with van der Waals surface area (Å²) in [6.07, 6.45) is 4.04. The number of nitrogens with one attached hydrogen (secondary N) is 1. The van der Waals surface area contributed by atoms with Crippen molar-refractivity contribution in [3.63, 3.8) is 0 Å². The van der Waals surface area contributed by atoms with E-state index in [0.717, 1.165) is 35.9 Å². The monoisotopic (exact) mass is 393 g/mol. The van der Waals surface area contributed by atoms with Crippen LogP contribution in [0.3, 0.4) is 0 Å². The van der Waals surface area contributed by atoms with E-state index in [4.69, 9.17) is 4.98 Å². The predicted octanol–water partition coefficient (Wildman–Crippen LogP) is 3.61. The number of rotatable bonds is 7. The van der Waals surface area contributed by atoms with Crippen LogP contribution in [0.1, 0.15) is 51.0 Å². The molecule has 1 atom stereocenters. The molecule has 0 aliphatic heterocycles. The smallest absolute Gasteiger partial charge is 0.263 e. The van der Waals surface area contributed by atoms with E-state index >= 15 is 0 Å². The summed E-state index contributed by atoms with van der Waals surface area (Å²) in [5, 5.41) is 4.49. The van der Waals surface area contributed by atoms with Crippen molar-refractivity contribution in [2.45, 2.75) is 71.1 Å². The first-order chi connectivity index (χ1) is 12.4. The van der Waals surface area contributed by atoms with E-state index in [9.17, 15) is 9.59 Å². The third kappa shape index (κ3) is 3.83. The molecule has 26 heavy (non-hydrogen) atoms. The molecule has 0 bridgehead atoms. The lowest BCUT2D eigenvalue weighted by atomic mass is 10.1. The highest BCUT2D eigenvalue weighted by atomic mass is 32.2. The largest absolute Gasteiger partial charge is 0.353 e. The molecule has 1 aliphatic rings. The molecular weight excluding hydrogens is 366 g/mol. The highest BCUT2D eigenvalue weighted by Gasteiger charge is 2.23. The first-order valence-electron chi connectivity index (χ1n) is 9.39. The minimum atomic E-state index is -0.0118. The Balaban J connectivity index is 1.87. The molecule has 0 spiro atoms. The maximum atomic E-state index is 13.1. The van der Waals surface area contributed by atoms with E-state index in [-0.39, 0.29) is 23.3 Å². The SMILES string of the molecule is CCCn1c(SCC(=O)NC(C)C(C)C)nc2sc3c(c2c1=O)CCC3. The first-order valence-corrected chi connectivity index (χ1v) is 11.2. The van der Waals surface area contributed by atoms with Crippen LogP contribution in [0.2, 0.25) is 0 Å². The lowest BCUT2D eigenvalue weighted by Gasteiger charge is -2.17. The summed E-state index contributed by atoms with van der Waals surface area (Å²) in [5.41, 5.74) is 1.28. The van der Waals surface area contributed by atoms with Gasteiger partial charge < -0.3 is 5.32 Å². The van der Waals surface area contributed by atoms with Gasteiger partial charge in [0.05, 0.1) is 11.1 Å². The number of aromatic nitrogens is 2. The molecule has 5 nitrogen and oxygen atoms in total. The molecule has 2 aromatic rings. The molecule has 2 aromatic heterocycles. The third-order valence-electron chi connectivity index (χ3n) is 4.96. The minimum Gasteiger partial charge on any atom is -0.353 e. The summed E-state index contributed by atoms with van der Waals surface area (Å²) >= 11 is 3.02. The van der Waals surface area contributed by atoms with Gasteiger partial charge in [-0.1, -0.05) is 32.5 Å². The number of carbonyl (C=O) groups is 1. The second kappa shape index (κ2) is 8.13. The van der Waals surface area contributed by atoms with Crippen LogP contribution in [0.15, 0.2) is 9.95 Å². The molecule has 1 unspecified atom stereocenters. The molecule has 0 saturated carbocycles. The van der Waals surface area contributed by atoms with Crippen molar-refractivity contribution >= 4 is 39.2 Å². The zero-order valence-electron chi connectivity index (χ0n) is 15.9. The lowest BCUT2D eigenvalue weighted by molar-refractivity contribution is -0.119. The van der Waals surface area contributed by atoms with Crippen molar-refractivity contribution in [3.05, 3.63) is 20.8 Å². The standard InChI is InChI=1S/C19H27N3O2S2/c1-5-9-22-18(24)16-13-7-6-8-14(13)26-17(16)21-19(22)25-10-15(23)20-12(4)11(2)3/h11-12H,5-10H2,1-4H3,(H,20,23). The van der Waals surface area contributed by atoms with Crippen molar-refractivity contribution in [1.29, 1.82) is 0 Å². The number of thioether (sulfide) groups is 1. The third-order valence-corrected chi connectivity index (χ3v) is 7.12. The summed E-state index contributed by atoms with van der Waals surface area (Å²) in [5.74, 6) is 0.663. The van der Waals surface area contributed by atoms with Gasteiger partial charge in [0.25, 0.3) is 5.56 Å². The van der Waals surface area contributed by atoms with E-state index in [1.54, 1.807) is 15.9 Å². The Labute approximate surface area is 162 Å². The second-order valence-electron chi connectivity index (χ2n) is 7.28. The van der Waals surface area contributed by atoms with E-state index in [0.29, 0.717) is 17.6 Å². The Morgan fingerprint density at radius 3 is 2.81 bits per heavy atom. The fourth-order valence-corrected chi connectivity index (χ4v) is 5.32. The second-order valence-corrected chi connectivity index (χ2v) is 9.30. The van der Waals surface area contributed by atoms with Gasteiger partial charge >= 0.3 is 0 Å². The number of carbonyl (C=O) groups excluding carboxylic acids is 1. The van der Waals surface area contributed by atoms with E-state index in [2.05, 4.69) is 26.1 Å². The fourth-order valence-electron chi connectivity index (χ4n) is 3.18. The predicted molar refractivity (Wildman–Crippen MR) is 109 cm³/mol. The molecule has 0 fully saturated rings. The average molecular weight is 394 g/mol. The molecule has 3 rings (SSSR count). The highest BCUT2D eigenvalue weighted by Crippen LogP contribution is 2.35. The number of thiophene rings is 1. The lowest BCUT2D eigenvalue weighted by Crippen LogP contribution is -2.37. The summed E-state index contributed by atoms with van der Waals surface area (Å²) in [6, 6.07) is 0.136. The Morgan fingerprint density at radius 1 is 1.35 bits per heavy atom. The van der Waals surface area contributed by atoms with Gasteiger partial charge in [-0.15, -0.1) is 11.3 Å². The number of amides is 1. The van der Waals surface area contributed by atoms with Crippen molar-refractivity contribution in [3.8, 4) is 0 Å². The quantitative estimate of drug-likeness (QED) is 0.576. The normalized spacial score (nSPS) is 14.8. The summed E-state index contributed by atoms with van der Waals surface area (Å²) < 4.78 is 1.76. The number of hydrogen-bond donors (Lipinski definition) is 1. The Kier molecular flexibility index (Phi) is 6.07. The van der Waals surface area contributed by atoms with Crippen LogP contribution >= 0.6 is 23.1 Å². The maximum absolute atomic E-state index is 13.1. The van der Waals surface area contributed by atoms with Crippen LogP contribution in [-0.2, 0) is 24.2 Å². The van der Waals surface area contributed by atoms with Gasteiger partial charge in [0.2, 0.25) is 5.91 Å². The molecule has 1 aliphatic carbocycles. The van der Waals surface area contributed by atoms with Crippen molar-refractivity contribution < 1.29 is 4.79 Å². The fraction of sp³-hybridized carbons (Fsp3) is 0.632. The number of fused-ring (bicyclic) bond motifs is 3. The van der Waals surface area contributed by atoms with Crippen molar-refractivity contribution in [2.75, 3.05) is 5.75 Å². The van der Waals surface area contributed by atoms with Gasteiger partial charge in [0.1, 0.15) is 4.83 Å². The first kappa shape index (κ1) is 19.4. The van der Waals surface area contributed by atoms with Gasteiger partial charge in [0.15, 0.2) is 5.16 Å². The summed E-state index contributed by atoms with van der Waals surface area (Å²) in [7, 11) is 0. The van der Waals surface area contributed by atoms with Crippen LogP contribution in [0.4, 0.5) is 0 Å². The highest BCUT2D eigenvalue weighted by molar-refractivity contribution is 7.99. The maximum Gasteiger partial charge on any atom is 0.263 e. The van der Waals surface area contributed by atoms with Crippen molar-refractivity contribution in [1.82, 2.24) is 14.9 Å². The molecule has 142 valence electrons. The number of nitrogens with zero attached hydrogens (tertiary/aromatic N) is 2. The summed E-state index contributed by atoms with van der Waals surface area (Å²) in [6.45, 7) is 8.88. The van der Waals surface area contributed by atoms with Crippen molar-refractivity contribution in [2.24, 2.45) is 5.92 Å². The average Bonchev–Trinajstić information content (AvgIpc) is 3.16. The molecule has 0 aromatic carbocycles. The molecule has 7 heteroatoms. The van der Waals surface area contributed by atoms with E-state index < -0.39 is 0 Å². The van der Waals surface area contributed by atoms with Crippen LogP contribution in [-0.4, -0.2) is 27.3 Å². The molecule has 1 N–H and O–H groups in total. The molecule has 0 radical (unpaired) electrons. The molecule has 1 amide bonds. The minimum absolute atomic E-state index is 0.0118. The Hall–Kier alpha value is -1.34. The van der Waals surface area contributed by atoms with Crippen LogP contribution in [0, 0.1) is 5.92 Å². The zero-order chi connectivity index (χ0) is 18.8. The molecule has 0 saturated heterocycles. The van der Waals surface area contributed by atoms with Gasteiger partial charge in [-0.25, -0.2) is 4.98 Å². The number of hydrogen-bond acceptors (Lipinski definition) is 5. The van der Waals surface area contributed by atoms with Crippen LogP contribution in [0.5, 0.6) is 0 Å². The van der Waals surface area contributed by atoms with Gasteiger partial charge in [-0.05, 0) is 44.1 Å². The molecule has 2 heterocycles. The number of aryl methyl sites for hydroxylation is 2. The Bertz CT molecular complexity index is 870. The van der Waals surface area contributed by atoms with Gasteiger partial charge in [-0.2, -0.15) is 0 Å². The van der Waals surface area contributed by atoms with Gasteiger partial charge in [0, 0.05) is 17.5 Å². The van der Waals surface area contributed by atoms with Gasteiger partial charge in [-0.3, -0.25) is 14.2 Å². The Morgan fingerprint density at radius 2 is 2.12 bits per heavy atom. The van der Waals surface area contributed by atoms with Crippen LogP contribution in [0.25, 0.3) is 10.2 Å². The molecular formula is C19H27N3O2S2. The summed E-state index contributed by atoms with van der Waals surface area (Å²) in [4.78, 5) is 32.2.